The molecule has 0 spiro atoms. The normalized spacial score (nSPS) is 12.7. The lowest BCUT2D eigenvalue weighted by atomic mass is 10.1. The molecule has 0 radical (unpaired) electrons. The van der Waals surface area contributed by atoms with Crippen LogP contribution in [-0.2, 0) is 29.0 Å². The van der Waals surface area contributed by atoms with E-state index in [1.54, 1.807) is 6.92 Å². The van der Waals surface area contributed by atoms with Crippen LogP contribution >= 0.6 is 11.3 Å². The molecule has 0 aliphatic heterocycles. The van der Waals surface area contributed by atoms with E-state index in [4.69, 9.17) is 13.7 Å². The fourth-order valence-electron chi connectivity index (χ4n) is 3.99. The van der Waals surface area contributed by atoms with Gasteiger partial charge in [0.25, 0.3) is 11.8 Å². The molecule has 1 aromatic carbocycles. The number of fused-ring (bicyclic) bond motifs is 1. The Bertz CT molecular complexity index is 1390. The Morgan fingerprint density at radius 3 is 2.74 bits per heavy atom. The highest BCUT2D eigenvalue weighted by Gasteiger charge is 2.29. The largest absolute Gasteiger partial charge is 0.452 e. The molecule has 1 amide bonds. The van der Waals surface area contributed by atoms with Crippen molar-refractivity contribution >= 4 is 28.2 Å². The number of thiophene rings is 1. The molecule has 1 aliphatic rings. The quantitative estimate of drug-likeness (QED) is 0.349. The van der Waals surface area contributed by atoms with E-state index in [1.807, 2.05) is 44.2 Å². The number of benzene rings is 1. The van der Waals surface area contributed by atoms with Crippen molar-refractivity contribution in [1.29, 1.82) is 0 Å². The molecule has 0 saturated heterocycles. The molecule has 180 valence electrons. The molecule has 4 aromatic rings. The van der Waals surface area contributed by atoms with Gasteiger partial charge in [0.2, 0.25) is 5.91 Å². The molecule has 1 N–H and O–H groups in total. The zero-order chi connectivity index (χ0) is 24.5. The van der Waals surface area contributed by atoms with Crippen molar-refractivity contribution < 1.29 is 23.3 Å². The van der Waals surface area contributed by atoms with Crippen LogP contribution in [0, 0.1) is 12.8 Å². The highest BCUT2D eigenvalue weighted by Crippen LogP contribution is 2.40. The average Bonchev–Trinajstić information content (AvgIpc) is 3.62. The molecule has 10 heteroatoms. The van der Waals surface area contributed by atoms with Crippen LogP contribution in [0.5, 0.6) is 0 Å². The molecule has 35 heavy (non-hydrogen) atoms. The minimum atomic E-state index is -0.519. The van der Waals surface area contributed by atoms with Crippen molar-refractivity contribution in [2.75, 3.05) is 5.32 Å². The summed E-state index contributed by atoms with van der Waals surface area (Å²) in [5, 5.41) is 15.7. The van der Waals surface area contributed by atoms with Crippen molar-refractivity contribution in [1.82, 2.24) is 15.4 Å². The number of aromatic nitrogens is 3. The minimum absolute atomic E-state index is 0.140. The fourth-order valence-corrected chi connectivity index (χ4v) is 5.27. The topological polar surface area (TPSA) is 120 Å². The second-order valence-corrected chi connectivity index (χ2v) is 9.72. The number of aryl methyl sites for hydroxylation is 2. The zero-order valence-electron chi connectivity index (χ0n) is 19.6. The van der Waals surface area contributed by atoms with Gasteiger partial charge in [0.15, 0.2) is 6.61 Å². The number of ether oxygens (including phenoxy) is 1. The Morgan fingerprint density at radius 2 is 1.97 bits per heavy atom. The van der Waals surface area contributed by atoms with Gasteiger partial charge in [-0.2, -0.15) is 0 Å². The molecular weight excluding hydrogens is 468 g/mol. The maximum absolute atomic E-state index is 13.1. The Balaban J connectivity index is 1.34. The Kier molecular flexibility index (Phi) is 6.21. The molecule has 0 fully saturated rings. The summed E-state index contributed by atoms with van der Waals surface area (Å²) < 4.78 is 16.7. The number of carbonyl (C=O) groups is 2. The van der Waals surface area contributed by atoms with E-state index in [-0.39, 0.29) is 30.2 Å². The molecule has 3 aromatic heterocycles. The lowest BCUT2D eigenvalue weighted by Crippen LogP contribution is -2.19. The molecule has 0 saturated carbocycles. The van der Waals surface area contributed by atoms with E-state index in [1.165, 1.54) is 11.3 Å². The monoisotopic (exact) mass is 492 g/mol. The molecule has 5 rings (SSSR count). The van der Waals surface area contributed by atoms with Crippen LogP contribution in [0.3, 0.4) is 0 Å². The number of rotatable bonds is 7. The highest BCUT2D eigenvalue weighted by atomic mass is 32.1. The number of nitrogens with zero attached hydrogens (tertiary/aromatic N) is 3. The predicted molar refractivity (Wildman–Crippen MR) is 129 cm³/mol. The van der Waals surface area contributed by atoms with Gasteiger partial charge >= 0.3 is 5.97 Å². The van der Waals surface area contributed by atoms with E-state index in [9.17, 15) is 9.59 Å². The van der Waals surface area contributed by atoms with Crippen LogP contribution in [0.2, 0.25) is 0 Å². The van der Waals surface area contributed by atoms with Crippen molar-refractivity contribution in [2.24, 2.45) is 5.92 Å². The van der Waals surface area contributed by atoms with Gasteiger partial charge in [-0.15, -0.1) is 21.5 Å². The summed E-state index contributed by atoms with van der Waals surface area (Å²) in [7, 11) is 0. The molecule has 1 aliphatic carbocycles. The molecule has 3 heterocycles. The smallest absolute Gasteiger partial charge is 0.341 e. The molecule has 0 bridgehead atoms. The summed E-state index contributed by atoms with van der Waals surface area (Å²) >= 11 is 1.45. The maximum atomic E-state index is 13.1. The number of nitrogens with one attached hydrogen (secondary N) is 1. The Morgan fingerprint density at radius 1 is 1.17 bits per heavy atom. The average molecular weight is 493 g/mol. The van der Waals surface area contributed by atoms with Gasteiger partial charge in [-0.25, -0.2) is 4.79 Å². The van der Waals surface area contributed by atoms with Crippen molar-refractivity contribution in [3.8, 4) is 22.7 Å². The number of hydrogen-bond donors (Lipinski definition) is 1. The lowest BCUT2D eigenvalue weighted by Gasteiger charge is -2.09. The third-order valence-corrected chi connectivity index (χ3v) is 7.01. The summed E-state index contributed by atoms with van der Waals surface area (Å²) in [6, 6.07) is 9.54. The van der Waals surface area contributed by atoms with Crippen LogP contribution in [0.1, 0.15) is 52.7 Å². The second kappa shape index (κ2) is 9.46. The van der Waals surface area contributed by atoms with Gasteiger partial charge in [0.05, 0.1) is 5.56 Å². The summed E-state index contributed by atoms with van der Waals surface area (Å²) in [5.74, 6) is 0.0559. The second-order valence-electron chi connectivity index (χ2n) is 8.61. The van der Waals surface area contributed by atoms with Crippen LogP contribution < -0.4 is 5.32 Å². The maximum Gasteiger partial charge on any atom is 0.341 e. The van der Waals surface area contributed by atoms with Gasteiger partial charge in [-0.05, 0) is 31.7 Å². The number of esters is 1. The zero-order valence-corrected chi connectivity index (χ0v) is 20.4. The molecular formula is C25H24N4O5S. The van der Waals surface area contributed by atoms with E-state index < -0.39 is 5.97 Å². The van der Waals surface area contributed by atoms with Crippen molar-refractivity contribution in [2.45, 2.75) is 46.6 Å². The van der Waals surface area contributed by atoms with Crippen molar-refractivity contribution in [3.05, 3.63) is 58.0 Å². The van der Waals surface area contributed by atoms with Crippen LogP contribution in [0.25, 0.3) is 22.7 Å². The van der Waals surface area contributed by atoms with Gasteiger partial charge in [-0.3, -0.25) is 4.79 Å². The van der Waals surface area contributed by atoms with E-state index in [0.717, 1.165) is 35.3 Å². The first kappa shape index (κ1) is 23.0. The van der Waals surface area contributed by atoms with Gasteiger partial charge < -0.3 is 19.0 Å². The summed E-state index contributed by atoms with van der Waals surface area (Å²) in [6.45, 7) is 5.19. The van der Waals surface area contributed by atoms with Gasteiger partial charge in [-0.1, -0.05) is 49.3 Å². The molecule has 0 unspecified atom stereocenters. The number of amides is 1. The predicted octanol–water partition coefficient (Wildman–Crippen LogP) is 5.20. The number of anilines is 1. The highest BCUT2D eigenvalue weighted by molar-refractivity contribution is 7.17. The number of carbonyl (C=O) groups excluding carboxylic acids is 2. The standard InChI is InChI=1S/C25H24N4O5S/c1-13(2)22(30)26-24-20(16-10-7-11-17(16)35-24)25(31)32-12-18-27-28-23(33-18)19-14(3)34-29-21(19)15-8-5-4-6-9-15/h4-6,8-9,13H,7,10-12H2,1-3H3,(H,26,30). The van der Waals surface area contributed by atoms with E-state index in [2.05, 4.69) is 20.7 Å². The molecule has 9 nitrogen and oxygen atoms in total. The fraction of sp³-hybridized carbons (Fsp3) is 0.320. The van der Waals surface area contributed by atoms with E-state index >= 15 is 0 Å². The van der Waals surface area contributed by atoms with E-state index in [0.29, 0.717) is 27.6 Å². The first-order valence-corrected chi connectivity index (χ1v) is 12.2. The number of hydrogen-bond acceptors (Lipinski definition) is 9. The van der Waals surface area contributed by atoms with Gasteiger partial charge in [0, 0.05) is 16.4 Å². The lowest BCUT2D eigenvalue weighted by molar-refractivity contribution is -0.118. The summed E-state index contributed by atoms with van der Waals surface area (Å²) in [4.78, 5) is 26.4. The van der Waals surface area contributed by atoms with Crippen LogP contribution in [0.4, 0.5) is 5.00 Å². The third kappa shape index (κ3) is 4.49. The Labute approximate surface area is 205 Å². The summed E-state index contributed by atoms with van der Waals surface area (Å²) in [5.41, 5.74) is 3.42. The summed E-state index contributed by atoms with van der Waals surface area (Å²) in [6.07, 6.45) is 2.66. The SMILES string of the molecule is Cc1onc(-c2ccccc2)c1-c1nnc(COC(=O)c2c(NC(=O)C(C)C)sc3c2CCC3)o1. The van der Waals surface area contributed by atoms with Crippen molar-refractivity contribution in [3.63, 3.8) is 0 Å². The van der Waals surface area contributed by atoms with Crippen LogP contribution in [0.15, 0.2) is 39.3 Å². The van der Waals surface area contributed by atoms with Gasteiger partial charge in [0.1, 0.15) is 22.0 Å². The third-order valence-electron chi connectivity index (χ3n) is 5.80. The minimum Gasteiger partial charge on any atom is -0.452 e. The first-order chi connectivity index (χ1) is 16.9. The van der Waals surface area contributed by atoms with Crippen LogP contribution in [-0.4, -0.2) is 27.2 Å². The Hall–Kier alpha value is -3.79. The molecule has 0 atom stereocenters. The first-order valence-electron chi connectivity index (χ1n) is 11.4.